The number of hydrogen-bond donors (Lipinski definition) is 2. The minimum Gasteiger partial charge on any atom is -0.481 e. The summed E-state index contributed by atoms with van der Waals surface area (Å²) in [5, 5.41) is 15.6. The molecule has 140 valence electrons. The molecule has 1 heterocycles. The molecule has 7 nitrogen and oxygen atoms in total. The molecule has 0 aliphatic carbocycles. The highest BCUT2D eigenvalue weighted by Crippen LogP contribution is 2.20. The van der Waals surface area contributed by atoms with Crippen LogP contribution in [0.2, 0.25) is 0 Å². The standard InChI is InChI=1S/C19H25N3O4/c1-12(2)13-5-7-14(8-6-13)17-21-16(26-22-17)10-9-15(23)20-11-19(3,4)18(24)25/h5-8,12H,9-11H2,1-4H3,(H,20,23)(H,24,25). The lowest BCUT2D eigenvalue weighted by molar-refractivity contribution is -0.146. The van der Waals surface area contributed by atoms with Gasteiger partial charge in [-0.15, -0.1) is 0 Å². The molecule has 7 heteroatoms. The number of carboxylic acid groups (broad SMARTS) is 1. The smallest absolute Gasteiger partial charge is 0.310 e. The quantitative estimate of drug-likeness (QED) is 0.750. The molecule has 2 N–H and O–H groups in total. The minimum atomic E-state index is -1.00. The molecule has 0 aliphatic rings. The molecule has 1 aromatic heterocycles. The topological polar surface area (TPSA) is 105 Å². The maximum atomic E-state index is 11.9. The first-order valence-corrected chi connectivity index (χ1v) is 8.62. The van der Waals surface area contributed by atoms with E-state index in [4.69, 9.17) is 9.63 Å². The number of carbonyl (C=O) groups is 2. The first-order valence-electron chi connectivity index (χ1n) is 8.62. The van der Waals surface area contributed by atoms with E-state index in [0.717, 1.165) is 5.56 Å². The summed E-state index contributed by atoms with van der Waals surface area (Å²) in [6, 6.07) is 7.97. The molecule has 0 spiro atoms. The summed E-state index contributed by atoms with van der Waals surface area (Å²) in [5.74, 6) is 0.112. The van der Waals surface area contributed by atoms with Gasteiger partial charge in [-0.2, -0.15) is 4.98 Å². The zero-order valence-electron chi connectivity index (χ0n) is 15.6. The average Bonchev–Trinajstić information content (AvgIpc) is 3.07. The van der Waals surface area contributed by atoms with Crippen LogP contribution in [-0.4, -0.2) is 33.7 Å². The number of aromatic nitrogens is 2. The Hall–Kier alpha value is -2.70. The van der Waals surface area contributed by atoms with Crippen LogP contribution in [0.4, 0.5) is 0 Å². The van der Waals surface area contributed by atoms with Gasteiger partial charge in [-0.25, -0.2) is 0 Å². The number of aliphatic carboxylic acids is 1. The van der Waals surface area contributed by atoms with E-state index in [9.17, 15) is 9.59 Å². The summed E-state index contributed by atoms with van der Waals surface area (Å²) in [6.07, 6.45) is 0.458. The molecule has 2 aromatic rings. The molecule has 0 atom stereocenters. The number of rotatable bonds is 8. The van der Waals surface area contributed by atoms with Gasteiger partial charge in [-0.1, -0.05) is 43.3 Å². The summed E-state index contributed by atoms with van der Waals surface area (Å²) in [4.78, 5) is 27.2. The number of nitrogens with zero attached hydrogens (tertiary/aromatic N) is 2. The van der Waals surface area contributed by atoms with Gasteiger partial charge in [0.2, 0.25) is 17.6 Å². The Labute approximate surface area is 152 Å². The molecule has 0 saturated carbocycles. The molecular formula is C19H25N3O4. The number of nitrogens with one attached hydrogen (secondary N) is 1. The Morgan fingerprint density at radius 3 is 2.46 bits per heavy atom. The number of amides is 1. The lowest BCUT2D eigenvalue weighted by Gasteiger charge is -2.19. The van der Waals surface area contributed by atoms with Gasteiger partial charge in [0.15, 0.2) is 0 Å². The monoisotopic (exact) mass is 359 g/mol. The minimum absolute atomic E-state index is 0.0679. The number of carbonyl (C=O) groups excluding carboxylic acids is 1. The zero-order valence-corrected chi connectivity index (χ0v) is 15.6. The summed E-state index contributed by atoms with van der Waals surface area (Å²) in [7, 11) is 0. The molecule has 1 amide bonds. The van der Waals surface area contributed by atoms with Crippen molar-refractivity contribution in [2.24, 2.45) is 5.41 Å². The number of benzene rings is 1. The Balaban J connectivity index is 1.88. The summed E-state index contributed by atoms with van der Waals surface area (Å²) >= 11 is 0. The molecule has 0 unspecified atom stereocenters. The van der Waals surface area contributed by atoms with Crippen molar-refractivity contribution in [3.8, 4) is 11.4 Å². The second kappa shape index (κ2) is 8.12. The lowest BCUT2D eigenvalue weighted by atomic mass is 9.94. The fraction of sp³-hybridized carbons (Fsp3) is 0.474. The third kappa shape index (κ3) is 5.15. The van der Waals surface area contributed by atoms with Crippen molar-refractivity contribution in [3.63, 3.8) is 0 Å². The molecule has 2 rings (SSSR count). The summed E-state index contributed by atoms with van der Waals surface area (Å²) in [5.41, 5.74) is 1.09. The van der Waals surface area contributed by atoms with E-state index in [2.05, 4.69) is 29.3 Å². The van der Waals surface area contributed by atoms with Crippen LogP contribution in [0.25, 0.3) is 11.4 Å². The first kappa shape index (κ1) is 19.6. The first-order chi connectivity index (χ1) is 12.2. The molecule has 0 aliphatic heterocycles. The second-order valence-electron chi connectivity index (χ2n) is 7.25. The fourth-order valence-corrected chi connectivity index (χ4v) is 2.19. The lowest BCUT2D eigenvalue weighted by Crippen LogP contribution is -2.38. The van der Waals surface area contributed by atoms with Crippen LogP contribution in [0.1, 0.15) is 51.5 Å². The molecular weight excluding hydrogens is 334 g/mol. The van der Waals surface area contributed by atoms with Crippen LogP contribution in [-0.2, 0) is 16.0 Å². The van der Waals surface area contributed by atoms with Gasteiger partial charge in [0.25, 0.3) is 0 Å². The van der Waals surface area contributed by atoms with E-state index in [1.165, 1.54) is 5.56 Å². The van der Waals surface area contributed by atoms with Gasteiger partial charge in [0, 0.05) is 24.9 Å². The predicted octanol–water partition coefficient (Wildman–Crippen LogP) is 3.02. The number of hydrogen-bond acceptors (Lipinski definition) is 5. The Morgan fingerprint density at radius 2 is 1.88 bits per heavy atom. The van der Waals surface area contributed by atoms with Gasteiger partial charge >= 0.3 is 5.97 Å². The fourth-order valence-electron chi connectivity index (χ4n) is 2.19. The van der Waals surface area contributed by atoms with E-state index in [1.807, 2.05) is 24.3 Å². The predicted molar refractivity (Wildman–Crippen MR) is 96.6 cm³/mol. The van der Waals surface area contributed by atoms with E-state index < -0.39 is 11.4 Å². The Bertz CT molecular complexity index is 763. The SMILES string of the molecule is CC(C)c1ccc(-c2noc(CCC(=O)NCC(C)(C)C(=O)O)n2)cc1. The summed E-state index contributed by atoms with van der Waals surface area (Å²) in [6.45, 7) is 7.45. The van der Waals surface area contributed by atoms with E-state index in [0.29, 0.717) is 24.1 Å². The Morgan fingerprint density at radius 1 is 1.23 bits per heavy atom. The van der Waals surface area contributed by atoms with Crippen molar-refractivity contribution in [2.75, 3.05) is 6.54 Å². The van der Waals surface area contributed by atoms with Crippen molar-refractivity contribution in [2.45, 2.75) is 46.5 Å². The maximum Gasteiger partial charge on any atom is 0.310 e. The van der Waals surface area contributed by atoms with Crippen LogP contribution in [0.3, 0.4) is 0 Å². The van der Waals surface area contributed by atoms with E-state index in [1.54, 1.807) is 13.8 Å². The number of aryl methyl sites for hydroxylation is 1. The van der Waals surface area contributed by atoms with E-state index >= 15 is 0 Å². The van der Waals surface area contributed by atoms with Gasteiger partial charge in [0.1, 0.15) is 0 Å². The highest BCUT2D eigenvalue weighted by atomic mass is 16.5. The average molecular weight is 359 g/mol. The third-order valence-corrected chi connectivity index (χ3v) is 4.18. The van der Waals surface area contributed by atoms with Gasteiger partial charge < -0.3 is 14.9 Å². The van der Waals surface area contributed by atoms with Crippen LogP contribution in [0.5, 0.6) is 0 Å². The molecule has 0 saturated heterocycles. The molecule has 0 radical (unpaired) electrons. The maximum absolute atomic E-state index is 11.9. The van der Waals surface area contributed by atoms with Crippen LogP contribution < -0.4 is 5.32 Å². The van der Waals surface area contributed by atoms with Crippen molar-refractivity contribution in [1.82, 2.24) is 15.5 Å². The van der Waals surface area contributed by atoms with Crippen molar-refractivity contribution < 1.29 is 19.2 Å². The molecule has 26 heavy (non-hydrogen) atoms. The number of carboxylic acids is 1. The van der Waals surface area contributed by atoms with Gasteiger partial charge in [-0.3, -0.25) is 9.59 Å². The largest absolute Gasteiger partial charge is 0.481 e. The molecule has 0 fully saturated rings. The summed E-state index contributed by atoms with van der Waals surface area (Å²) < 4.78 is 5.20. The third-order valence-electron chi connectivity index (χ3n) is 4.18. The Kier molecular flexibility index (Phi) is 6.13. The van der Waals surface area contributed by atoms with Crippen LogP contribution in [0, 0.1) is 5.41 Å². The van der Waals surface area contributed by atoms with Crippen LogP contribution in [0.15, 0.2) is 28.8 Å². The normalized spacial score (nSPS) is 11.6. The van der Waals surface area contributed by atoms with Gasteiger partial charge in [0.05, 0.1) is 5.41 Å². The zero-order chi connectivity index (χ0) is 19.3. The van der Waals surface area contributed by atoms with E-state index in [-0.39, 0.29) is 18.9 Å². The van der Waals surface area contributed by atoms with Crippen molar-refractivity contribution in [3.05, 3.63) is 35.7 Å². The molecule has 0 bridgehead atoms. The highest BCUT2D eigenvalue weighted by molar-refractivity contribution is 5.78. The van der Waals surface area contributed by atoms with Crippen molar-refractivity contribution >= 4 is 11.9 Å². The second-order valence-corrected chi connectivity index (χ2v) is 7.25. The van der Waals surface area contributed by atoms with Crippen LogP contribution >= 0.6 is 0 Å². The van der Waals surface area contributed by atoms with Crippen molar-refractivity contribution in [1.29, 1.82) is 0 Å². The molecule has 1 aromatic carbocycles. The highest BCUT2D eigenvalue weighted by Gasteiger charge is 2.27. The van der Waals surface area contributed by atoms with Gasteiger partial charge in [-0.05, 0) is 25.3 Å².